The molecule has 3 fully saturated rings. The summed E-state index contributed by atoms with van der Waals surface area (Å²) in [7, 11) is 3.94. The van der Waals surface area contributed by atoms with Crippen LogP contribution in [-0.4, -0.2) is 99.6 Å². The molecule has 0 aromatic heterocycles. The molecule has 1 atom stereocenters. The first-order valence-corrected chi connectivity index (χ1v) is 10.6. The van der Waals surface area contributed by atoms with Crippen LogP contribution >= 0.6 is 0 Å². The Labute approximate surface area is 173 Å². The molecular formula is C22H32N4O3. The number of carbonyl (C=O) groups excluding carboxylic acids is 2. The summed E-state index contributed by atoms with van der Waals surface area (Å²) in [5.41, 5.74) is 1.33. The number of carbonyl (C=O) groups is 2. The average molecular weight is 401 g/mol. The van der Waals surface area contributed by atoms with E-state index in [0.717, 1.165) is 64.5 Å². The minimum atomic E-state index is -0.375. The van der Waals surface area contributed by atoms with Crippen molar-refractivity contribution >= 4 is 17.5 Å². The lowest BCUT2D eigenvalue weighted by Crippen LogP contribution is -2.43. The molecule has 0 saturated carbocycles. The summed E-state index contributed by atoms with van der Waals surface area (Å²) in [5, 5.41) is 0. The van der Waals surface area contributed by atoms with Crippen LogP contribution < -0.4 is 4.90 Å². The number of rotatable bonds is 5. The third-order valence-electron chi connectivity index (χ3n) is 6.64. The fraction of sp³-hybridized carbons (Fsp3) is 0.636. The highest BCUT2D eigenvalue weighted by Crippen LogP contribution is 2.41. The topological polar surface area (TPSA) is 56.3 Å². The van der Waals surface area contributed by atoms with E-state index in [4.69, 9.17) is 4.74 Å². The summed E-state index contributed by atoms with van der Waals surface area (Å²) in [6, 6.07) is 7.71. The van der Waals surface area contributed by atoms with Crippen molar-refractivity contribution in [2.45, 2.75) is 12.8 Å². The van der Waals surface area contributed by atoms with Crippen LogP contribution in [0.3, 0.4) is 0 Å². The molecule has 1 unspecified atom stereocenters. The van der Waals surface area contributed by atoms with Gasteiger partial charge in [-0.3, -0.25) is 14.5 Å². The monoisotopic (exact) mass is 400 g/mol. The van der Waals surface area contributed by atoms with E-state index < -0.39 is 0 Å². The van der Waals surface area contributed by atoms with E-state index in [0.29, 0.717) is 18.7 Å². The zero-order valence-corrected chi connectivity index (χ0v) is 17.6. The van der Waals surface area contributed by atoms with Crippen LogP contribution in [0.2, 0.25) is 0 Å². The molecule has 4 rings (SSSR count). The molecule has 1 aromatic carbocycles. The van der Waals surface area contributed by atoms with E-state index in [2.05, 4.69) is 4.90 Å². The van der Waals surface area contributed by atoms with Crippen LogP contribution in [0.25, 0.3) is 0 Å². The zero-order valence-electron chi connectivity index (χ0n) is 17.6. The number of nitrogens with zero attached hydrogens (tertiary/aromatic N) is 4. The number of amides is 2. The van der Waals surface area contributed by atoms with E-state index in [1.807, 2.05) is 53.1 Å². The number of morpholine rings is 1. The summed E-state index contributed by atoms with van der Waals surface area (Å²) < 4.78 is 5.40. The number of anilines is 1. The summed E-state index contributed by atoms with van der Waals surface area (Å²) >= 11 is 0. The lowest BCUT2D eigenvalue weighted by atomic mass is 9.85. The van der Waals surface area contributed by atoms with E-state index in [1.165, 1.54) is 0 Å². The second kappa shape index (κ2) is 8.32. The predicted molar refractivity (Wildman–Crippen MR) is 112 cm³/mol. The molecule has 7 heteroatoms. The van der Waals surface area contributed by atoms with E-state index >= 15 is 0 Å². The summed E-state index contributed by atoms with van der Waals surface area (Å²) in [5.74, 6) is 0.272. The zero-order chi connectivity index (χ0) is 20.4. The van der Waals surface area contributed by atoms with Crippen molar-refractivity contribution in [3.8, 4) is 0 Å². The summed E-state index contributed by atoms with van der Waals surface area (Å²) in [4.78, 5) is 34.5. The molecule has 0 aliphatic carbocycles. The third-order valence-corrected chi connectivity index (χ3v) is 6.64. The van der Waals surface area contributed by atoms with Gasteiger partial charge in [0.2, 0.25) is 5.91 Å². The van der Waals surface area contributed by atoms with Crippen molar-refractivity contribution in [1.29, 1.82) is 0 Å². The molecular weight excluding hydrogens is 368 g/mol. The molecule has 0 radical (unpaired) electrons. The van der Waals surface area contributed by atoms with Gasteiger partial charge in [0, 0.05) is 71.2 Å². The van der Waals surface area contributed by atoms with Gasteiger partial charge >= 0.3 is 0 Å². The number of benzene rings is 1. The lowest BCUT2D eigenvalue weighted by Gasteiger charge is -2.29. The standard InChI is InChI=1S/C22H32N4O3/c1-23(2)19-5-3-4-18(16-19)20(27)26-9-7-22(17-26)6-8-25(21(22)28)11-10-24-12-14-29-15-13-24/h3-5,16H,6-15,17H2,1-2H3. The van der Waals surface area contributed by atoms with Crippen molar-refractivity contribution in [3.63, 3.8) is 0 Å². The van der Waals surface area contributed by atoms with E-state index in [-0.39, 0.29) is 17.2 Å². The van der Waals surface area contributed by atoms with Gasteiger partial charge in [0.05, 0.1) is 18.6 Å². The quantitative estimate of drug-likeness (QED) is 0.742. The first-order chi connectivity index (χ1) is 14.0. The fourth-order valence-electron chi connectivity index (χ4n) is 4.72. The number of likely N-dealkylation sites (tertiary alicyclic amines) is 2. The molecule has 3 aliphatic rings. The molecule has 3 saturated heterocycles. The Morgan fingerprint density at radius 2 is 1.86 bits per heavy atom. The van der Waals surface area contributed by atoms with Gasteiger partial charge in [-0.15, -0.1) is 0 Å². The smallest absolute Gasteiger partial charge is 0.253 e. The Hall–Kier alpha value is -2.12. The third kappa shape index (κ3) is 4.12. The molecule has 1 spiro atoms. The van der Waals surface area contributed by atoms with Crippen molar-refractivity contribution < 1.29 is 14.3 Å². The molecule has 7 nitrogen and oxygen atoms in total. The molecule has 0 bridgehead atoms. The van der Waals surface area contributed by atoms with Crippen molar-refractivity contribution in [1.82, 2.24) is 14.7 Å². The van der Waals surface area contributed by atoms with Gasteiger partial charge in [0.1, 0.15) is 0 Å². The Morgan fingerprint density at radius 3 is 2.62 bits per heavy atom. The predicted octanol–water partition coefficient (Wildman–Crippen LogP) is 1.15. The Balaban J connectivity index is 1.36. The van der Waals surface area contributed by atoms with Crippen LogP contribution in [0, 0.1) is 5.41 Å². The van der Waals surface area contributed by atoms with Crippen LogP contribution in [0.5, 0.6) is 0 Å². The SMILES string of the molecule is CN(C)c1cccc(C(=O)N2CCC3(CCN(CCN4CCOCC4)C3=O)C2)c1. The van der Waals surface area contributed by atoms with Crippen LogP contribution in [0.1, 0.15) is 23.2 Å². The van der Waals surface area contributed by atoms with Crippen molar-refractivity contribution in [2.24, 2.45) is 5.41 Å². The Kier molecular flexibility index (Phi) is 5.79. The summed E-state index contributed by atoms with van der Waals surface area (Å²) in [6.07, 6.45) is 1.63. The number of hydrogen-bond acceptors (Lipinski definition) is 5. The maximum Gasteiger partial charge on any atom is 0.253 e. The van der Waals surface area contributed by atoms with Gasteiger partial charge in [-0.25, -0.2) is 0 Å². The Morgan fingerprint density at radius 1 is 1.10 bits per heavy atom. The molecule has 158 valence electrons. The normalized spacial score (nSPS) is 25.2. The van der Waals surface area contributed by atoms with Crippen molar-refractivity contribution in [2.75, 3.05) is 78.0 Å². The molecule has 0 N–H and O–H groups in total. The van der Waals surface area contributed by atoms with E-state index in [9.17, 15) is 9.59 Å². The molecule has 29 heavy (non-hydrogen) atoms. The maximum absolute atomic E-state index is 13.2. The van der Waals surface area contributed by atoms with Gasteiger partial charge in [0.15, 0.2) is 0 Å². The highest BCUT2D eigenvalue weighted by Gasteiger charge is 2.51. The number of ether oxygens (including phenoxy) is 1. The second-order valence-electron chi connectivity index (χ2n) is 8.70. The van der Waals surface area contributed by atoms with Gasteiger partial charge in [-0.05, 0) is 31.0 Å². The lowest BCUT2D eigenvalue weighted by molar-refractivity contribution is -0.135. The highest BCUT2D eigenvalue weighted by molar-refractivity contribution is 5.96. The van der Waals surface area contributed by atoms with Crippen LogP contribution in [0.4, 0.5) is 5.69 Å². The molecule has 1 aromatic rings. The fourth-order valence-corrected chi connectivity index (χ4v) is 4.72. The molecule has 3 heterocycles. The largest absolute Gasteiger partial charge is 0.379 e. The number of hydrogen-bond donors (Lipinski definition) is 0. The average Bonchev–Trinajstić information content (AvgIpc) is 3.31. The van der Waals surface area contributed by atoms with Gasteiger partial charge in [-0.2, -0.15) is 0 Å². The molecule has 3 aliphatic heterocycles. The van der Waals surface area contributed by atoms with Gasteiger partial charge in [-0.1, -0.05) is 6.07 Å². The first kappa shape index (κ1) is 20.2. The van der Waals surface area contributed by atoms with Crippen LogP contribution in [0.15, 0.2) is 24.3 Å². The highest BCUT2D eigenvalue weighted by atomic mass is 16.5. The minimum absolute atomic E-state index is 0.0325. The minimum Gasteiger partial charge on any atom is -0.379 e. The van der Waals surface area contributed by atoms with E-state index in [1.54, 1.807) is 0 Å². The van der Waals surface area contributed by atoms with Gasteiger partial charge in [0.25, 0.3) is 5.91 Å². The van der Waals surface area contributed by atoms with Gasteiger partial charge < -0.3 is 19.4 Å². The molecule has 2 amide bonds. The Bertz CT molecular complexity index is 762. The van der Waals surface area contributed by atoms with Crippen LogP contribution in [-0.2, 0) is 9.53 Å². The van der Waals surface area contributed by atoms with Crippen molar-refractivity contribution in [3.05, 3.63) is 29.8 Å². The maximum atomic E-state index is 13.2. The second-order valence-corrected chi connectivity index (χ2v) is 8.70. The first-order valence-electron chi connectivity index (χ1n) is 10.6. The summed E-state index contributed by atoms with van der Waals surface area (Å²) in [6.45, 7) is 7.15.